The number of carbonyl (C=O) groups is 1. The first-order chi connectivity index (χ1) is 13.8. The number of benzene rings is 1. The van der Waals surface area contributed by atoms with Crippen LogP contribution < -0.4 is 5.32 Å². The number of thiazole rings is 1. The first-order valence-electron chi connectivity index (χ1n) is 8.94. The molecule has 0 radical (unpaired) electrons. The number of fused-ring (bicyclic) bond motifs is 1. The molecule has 10 heteroatoms. The van der Waals surface area contributed by atoms with Gasteiger partial charge >= 0.3 is 0 Å². The van der Waals surface area contributed by atoms with E-state index in [-0.39, 0.29) is 5.91 Å². The van der Waals surface area contributed by atoms with E-state index in [0.717, 1.165) is 16.1 Å². The van der Waals surface area contributed by atoms with Crippen molar-refractivity contribution in [1.29, 1.82) is 0 Å². The largest absolute Gasteiger partial charge is 0.320 e. The monoisotopic (exact) mass is 467 g/mol. The van der Waals surface area contributed by atoms with Crippen LogP contribution in [0.15, 0.2) is 39.9 Å². The van der Waals surface area contributed by atoms with Gasteiger partial charge in [0.15, 0.2) is 5.01 Å². The Labute approximate surface area is 182 Å². The third kappa shape index (κ3) is 4.24. The minimum atomic E-state index is -3.50. The Balaban J connectivity index is 1.47. The molecule has 152 valence electrons. The zero-order valence-corrected chi connectivity index (χ0v) is 18.7. The lowest BCUT2D eigenvalue weighted by molar-refractivity contribution is 0.102. The third-order valence-electron chi connectivity index (χ3n) is 4.65. The molecule has 1 aliphatic heterocycles. The van der Waals surface area contributed by atoms with Crippen LogP contribution in [0, 0.1) is 6.92 Å². The number of thiophene rings is 1. The van der Waals surface area contributed by atoms with Crippen molar-refractivity contribution in [3.63, 3.8) is 0 Å². The van der Waals surface area contributed by atoms with Crippen molar-refractivity contribution < 1.29 is 13.2 Å². The normalized spacial score (nSPS) is 15.0. The summed E-state index contributed by atoms with van der Waals surface area (Å²) in [5, 5.41) is 5.59. The molecule has 1 aromatic carbocycles. The molecular formula is C19H18ClN3O3S3. The highest BCUT2D eigenvalue weighted by Crippen LogP contribution is 2.29. The lowest BCUT2D eigenvalue weighted by Gasteiger charge is -2.19. The maximum Gasteiger partial charge on any atom is 0.284 e. The molecule has 1 aliphatic rings. The lowest BCUT2D eigenvalue weighted by Crippen LogP contribution is -2.33. The van der Waals surface area contributed by atoms with E-state index in [1.54, 1.807) is 29.6 Å². The molecule has 0 fully saturated rings. The number of sulfonamides is 1. The second-order valence-corrected chi connectivity index (χ2v) is 11.2. The van der Waals surface area contributed by atoms with Crippen LogP contribution >= 0.6 is 34.3 Å². The average molecular weight is 468 g/mol. The summed E-state index contributed by atoms with van der Waals surface area (Å²) in [6.07, 6.45) is 1.04. The first-order valence-corrected chi connectivity index (χ1v) is 12.5. The van der Waals surface area contributed by atoms with Crippen molar-refractivity contribution in [1.82, 2.24) is 9.29 Å². The van der Waals surface area contributed by atoms with Crippen LogP contribution in [0.5, 0.6) is 0 Å². The van der Waals surface area contributed by atoms with Gasteiger partial charge in [0.05, 0.1) is 5.69 Å². The number of anilines is 1. The van der Waals surface area contributed by atoms with Gasteiger partial charge in [0.2, 0.25) is 0 Å². The van der Waals surface area contributed by atoms with E-state index >= 15 is 0 Å². The Hall–Kier alpha value is -1.78. The number of hydrogen-bond donors (Lipinski definition) is 1. The molecule has 0 saturated carbocycles. The van der Waals surface area contributed by atoms with E-state index in [4.69, 9.17) is 11.6 Å². The summed E-state index contributed by atoms with van der Waals surface area (Å²) in [4.78, 5) is 18.0. The highest BCUT2D eigenvalue weighted by atomic mass is 35.5. The summed E-state index contributed by atoms with van der Waals surface area (Å²) < 4.78 is 27.8. The quantitative estimate of drug-likeness (QED) is 0.623. The summed E-state index contributed by atoms with van der Waals surface area (Å²) in [6, 6.07) is 8.69. The van der Waals surface area contributed by atoms with E-state index in [9.17, 15) is 13.2 Å². The van der Waals surface area contributed by atoms with E-state index in [2.05, 4.69) is 10.3 Å². The third-order valence-corrected chi connectivity index (χ3v) is 9.62. The molecule has 1 amide bonds. The molecule has 0 aliphatic carbocycles. The number of carbonyl (C=O) groups excluding carboxylic acids is 1. The second-order valence-electron chi connectivity index (χ2n) is 6.65. The maximum absolute atomic E-state index is 12.9. The average Bonchev–Trinajstić information content (AvgIpc) is 3.25. The van der Waals surface area contributed by atoms with Gasteiger partial charge in [0.25, 0.3) is 15.9 Å². The van der Waals surface area contributed by atoms with Crippen LogP contribution in [0.4, 0.5) is 5.69 Å². The predicted octanol–water partition coefficient (Wildman–Crippen LogP) is 4.21. The van der Waals surface area contributed by atoms with Gasteiger partial charge in [-0.25, -0.2) is 13.4 Å². The van der Waals surface area contributed by atoms with Gasteiger partial charge in [-0.2, -0.15) is 4.31 Å². The fraction of sp³-hybridized carbons (Fsp3) is 0.263. The number of nitrogens with zero attached hydrogens (tertiary/aromatic N) is 2. The molecule has 0 bridgehead atoms. The van der Waals surface area contributed by atoms with Crippen LogP contribution in [0.2, 0.25) is 5.02 Å². The molecule has 0 unspecified atom stereocenters. The van der Waals surface area contributed by atoms with Crippen molar-refractivity contribution in [2.75, 3.05) is 18.4 Å². The van der Waals surface area contributed by atoms with E-state index in [1.807, 2.05) is 13.0 Å². The molecule has 0 saturated heterocycles. The van der Waals surface area contributed by atoms with Crippen LogP contribution in [0.1, 0.15) is 25.9 Å². The fourth-order valence-corrected chi connectivity index (χ4v) is 7.25. The molecule has 0 atom stereocenters. The standard InChI is InChI=1S/C19H18ClN3O3S3/c1-12-8-11-27-19(12)29(25,26)23-9-6-15-16(7-10-23)28-18(22-15)17(24)21-14-4-2-13(20)3-5-14/h2-5,8,11H,6-7,9-10H2,1H3,(H,21,24). The van der Waals surface area contributed by atoms with Crippen LogP contribution in [0.3, 0.4) is 0 Å². The molecule has 6 nitrogen and oxygen atoms in total. The Morgan fingerprint density at radius 1 is 1.17 bits per heavy atom. The highest BCUT2D eigenvalue weighted by Gasteiger charge is 2.30. The number of aromatic nitrogens is 1. The van der Waals surface area contributed by atoms with Crippen LogP contribution in [0.25, 0.3) is 0 Å². The smallest absolute Gasteiger partial charge is 0.284 e. The van der Waals surface area contributed by atoms with Gasteiger partial charge in [-0.1, -0.05) is 11.6 Å². The summed E-state index contributed by atoms with van der Waals surface area (Å²) in [6.45, 7) is 2.55. The van der Waals surface area contributed by atoms with Gasteiger partial charge in [-0.05, 0) is 54.6 Å². The van der Waals surface area contributed by atoms with Crippen molar-refractivity contribution in [3.05, 3.63) is 61.9 Å². The van der Waals surface area contributed by atoms with Crippen molar-refractivity contribution >= 4 is 55.9 Å². The molecule has 0 spiro atoms. The topological polar surface area (TPSA) is 79.4 Å². The van der Waals surface area contributed by atoms with Gasteiger partial charge in [0, 0.05) is 35.1 Å². The Kier molecular flexibility index (Phi) is 5.76. The Morgan fingerprint density at radius 3 is 2.59 bits per heavy atom. The lowest BCUT2D eigenvalue weighted by atomic mass is 10.2. The number of aryl methyl sites for hydroxylation is 1. The number of rotatable bonds is 4. The number of hydrogen-bond acceptors (Lipinski definition) is 6. The molecule has 1 N–H and O–H groups in total. The minimum absolute atomic E-state index is 0.274. The molecular weight excluding hydrogens is 450 g/mol. The molecule has 29 heavy (non-hydrogen) atoms. The molecule has 2 aromatic heterocycles. The van der Waals surface area contributed by atoms with Crippen LogP contribution in [-0.4, -0.2) is 36.7 Å². The van der Waals surface area contributed by atoms with Crippen molar-refractivity contribution in [2.24, 2.45) is 0 Å². The number of amides is 1. The van der Waals surface area contributed by atoms with Gasteiger partial charge in [-0.15, -0.1) is 22.7 Å². The molecule has 4 rings (SSSR count). The maximum atomic E-state index is 12.9. The SMILES string of the molecule is Cc1ccsc1S(=O)(=O)N1CCc2nc(C(=O)Nc3ccc(Cl)cc3)sc2CC1. The zero-order chi connectivity index (χ0) is 20.6. The van der Waals surface area contributed by atoms with Crippen molar-refractivity contribution in [2.45, 2.75) is 24.0 Å². The fourth-order valence-electron chi connectivity index (χ4n) is 3.14. The summed E-state index contributed by atoms with van der Waals surface area (Å²) in [7, 11) is -3.50. The minimum Gasteiger partial charge on any atom is -0.320 e. The molecule has 3 heterocycles. The predicted molar refractivity (Wildman–Crippen MR) is 117 cm³/mol. The van der Waals surface area contributed by atoms with Gasteiger partial charge in [0.1, 0.15) is 4.21 Å². The Morgan fingerprint density at radius 2 is 1.90 bits per heavy atom. The zero-order valence-electron chi connectivity index (χ0n) is 15.5. The summed E-state index contributed by atoms with van der Waals surface area (Å²) in [5.41, 5.74) is 2.22. The van der Waals surface area contributed by atoms with E-state index < -0.39 is 10.0 Å². The van der Waals surface area contributed by atoms with E-state index in [1.165, 1.54) is 27.0 Å². The van der Waals surface area contributed by atoms with Crippen LogP contribution in [-0.2, 0) is 22.9 Å². The number of nitrogens with one attached hydrogen (secondary N) is 1. The van der Waals surface area contributed by atoms with E-state index in [0.29, 0.717) is 45.9 Å². The first kappa shape index (κ1) is 20.5. The van der Waals surface area contributed by atoms with Gasteiger partial charge < -0.3 is 5.32 Å². The summed E-state index contributed by atoms with van der Waals surface area (Å²) >= 11 is 8.44. The van der Waals surface area contributed by atoms with Crippen molar-refractivity contribution in [3.8, 4) is 0 Å². The molecule has 3 aromatic rings. The number of halogens is 1. The second kappa shape index (κ2) is 8.16. The summed E-state index contributed by atoms with van der Waals surface area (Å²) in [5.74, 6) is -0.274. The van der Waals surface area contributed by atoms with Gasteiger partial charge in [-0.3, -0.25) is 4.79 Å². The highest BCUT2D eigenvalue weighted by molar-refractivity contribution is 7.91. The Bertz CT molecular complexity index is 1130.